The fourth-order valence-electron chi connectivity index (χ4n) is 6.30. The van der Waals surface area contributed by atoms with Gasteiger partial charge in [-0.05, 0) is 87.7 Å². The van der Waals surface area contributed by atoms with E-state index in [1.807, 2.05) is 6.08 Å². The van der Waals surface area contributed by atoms with Crippen molar-refractivity contribution in [1.29, 1.82) is 0 Å². The molecule has 3 rings (SSSR count). The molecule has 3 saturated carbocycles. The van der Waals surface area contributed by atoms with Crippen LogP contribution in [0, 0.1) is 17.3 Å². The average molecular weight is 501 g/mol. The number of fused-ring (bicyclic) bond motifs is 1. The highest BCUT2D eigenvalue weighted by Gasteiger charge is 2.49. The van der Waals surface area contributed by atoms with Crippen LogP contribution < -0.4 is 0 Å². The topological polar surface area (TPSA) is 96.2 Å². The summed E-state index contributed by atoms with van der Waals surface area (Å²) < 4.78 is 10.1. The first-order chi connectivity index (χ1) is 16.9. The number of aliphatic hydroxyl groups excluding tert-OH is 3. The van der Waals surface area contributed by atoms with Crippen molar-refractivity contribution in [3.05, 3.63) is 59.8 Å². The molecular weight excluding hydrogens is 456 g/mol. The lowest BCUT2D eigenvalue weighted by atomic mass is 9.62. The maximum absolute atomic E-state index is 11.7. The standard InChI is InChI=1S/C30H44O6/c1-7-35-28(34)36-29(4,5)27(33)15-10-19(2)24-13-14-25-21(9-8-16-30(24,25)6)11-12-22-17-23(31)18-26(32)20(22)3/h10-12,15,23-27,31-33H,2-3,7-9,13-14,16-18H2,1,4-6H3/b15-10+,21-11+,22-12-/t23-,24-,25+,26+,27+,30-/m1/s1. The lowest BCUT2D eigenvalue weighted by molar-refractivity contribution is -0.0656. The van der Waals surface area contributed by atoms with Crippen LogP contribution in [0.4, 0.5) is 4.79 Å². The summed E-state index contributed by atoms with van der Waals surface area (Å²) >= 11 is 0. The lowest BCUT2D eigenvalue weighted by Crippen LogP contribution is -2.40. The molecule has 36 heavy (non-hydrogen) atoms. The monoisotopic (exact) mass is 500 g/mol. The van der Waals surface area contributed by atoms with Gasteiger partial charge in [-0.25, -0.2) is 4.79 Å². The minimum Gasteiger partial charge on any atom is -0.435 e. The largest absolute Gasteiger partial charge is 0.508 e. The van der Waals surface area contributed by atoms with Crippen LogP contribution in [0.3, 0.4) is 0 Å². The van der Waals surface area contributed by atoms with Gasteiger partial charge in [-0.2, -0.15) is 0 Å². The number of aliphatic hydroxyl groups is 3. The van der Waals surface area contributed by atoms with Gasteiger partial charge in [0.2, 0.25) is 0 Å². The van der Waals surface area contributed by atoms with E-state index in [0.717, 1.165) is 43.3 Å². The predicted octanol–water partition coefficient (Wildman–Crippen LogP) is 5.55. The number of hydrogen-bond donors (Lipinski definition) is 3. The molecule has 3 fully saturated rings. The molecule has 6 atom stereocenters. The molecule has 0 unspecified atom stereocenters. The van der Waals surface area contributed by atoms with Crippen molar-refractivity contribution in [3.8, 4) is 0 Å². The van der Waals surface area contributed by atoms with Crippen LogP contribution in [-0.4, -0.2) is 52.0 Å². The maximum Gasteiger partial charge on any atom is 0.508 e. The van der Waals surface area contributed by atoms with Gasteiger partial charge in [0.25, 0.3) is 0 Å². The highest BCUT2D eigenvalue weighted by Crippen LogP contribution is 2.59. The van der Waals surface area contributed by atoms with Crippen LogP contribution in [0.25, 0.3) is 0 Å². The molecular formula is C30H44O6. The van der Waals surface area contributed by atoms with Crippen LogP contribution >= 0.6 is 0 Å². The van der Waals surface area contributed by atoms with Crippen LogP contribution in [0.1, 0.15) is 72.6 Å². The van der Waals surface area contributed by atoms with Crippen molar-refractivity contribution in [2.45, 2.75) is 96.6 Å². The Kier molecular flexibility index (Phi) is 9.07. The number of ether oxygens (including phenoxy) is 2. The number of rotatable bonds is 7. The van der Waals surface area contributed by atoms with Gasteiger partial charge >= 0.3 is 6.16 Å². The van der Waals surface area contributed by atoms with Crippen LogP contribution in [0.2, 0.25) is 0 Å². The van der Waals surface area contributed by atoms with E-state index >= 15 is 0 Å². The van der Waals surface area contributed by atoms with Crippen molar-refractivity contribution in [1.82, 2.24) is 0 Å². The molecule has 200 valence electrons. The molecule has 0 heterocycles. The minimum absolute atomic E-state index is 0.0779. The van der Waals surface area contributed by atoms with Gasteiger partial charge < -0.3 is 24.8 Å². The van der Waals surface area contributed by atoms with Crippen molar-refractivity contribution in [2.24, 2.45) is 17.3 Å². The second kappa shape index (κ2) is 11.5. The Bertz CT molecular complexity index is 941. The SMILES string of the molecule is C=C(/C=C/[C@H](O)C(C)(C)OC(=O)OCC)[C@H]1CC[C@H]2/C(=C/C=C3/C[C@@H](O)C[C@H](O)C3=C)CCC[C@]12C. The highest BCUT2D eigenvalue weighted by atomic mass is 16.7. The fraction of sp³-hybridized carbons (Fsp3) is 0.633. The fourth-order valence-corrected chi connectivity index (χ4v) is 6.30. The quantitative estimate of drug-likeness (QED) is 0.313. The number of carbonyl (C=O) groups is 1. The summed E-state index contributed by atoms with van der Waals surface area (Å²) in [5, 5.41) is 30.9. The first kappa shape index (κ1) is 28.4. The van der Waals surface area contributed by atoms with Crippen LogP contribution in [0.5, 0.6) is 0 Å². The molecule has 0 radical (unpaired) electrons. The Hall–Kier alpha value is -2.15. The van der Waals surface area contributed by atoms with Gasteiger partial charge in [-0.15, -0.1) is 0 Å². The number of allylic oxidation sites excluding steroid dienone is 5. The summed E-state index contributed by atoms with van der Waals surface area (Å²) in [5.41, 5.74) is 3.01. The molecule has 3 N–H and O–H groups in total. The van der Waals surface area contributed by atoms with E-state index in [4.69, 9.17) is 9.47 Å². The Morgan fingerprint density at radius 2 is 2.00 bits per heavy atom. The number of carbonyl (C=O) groups excluding carboxylic acids is 1. The molecule has 0 saturated heterocycles. The second-order valence-electron chi connectivity index (χ2n) is 11.4. The van der Waals surface area contributed by atoms with Crippen molar-refractivity contribution in [3.63, 3.8) is 0 Å². The van der Waals surface area contributed by atoms with Gasteiger partial charge in [0.15, 0.2) is 0 Å². The van der Waals surface area contributed by atoms with Gasteiger partial charge in [0.05, 0.1) is 18.8 Å². The van der Waals surface area contributed by atoms with Crippen molar-refractivity contribution < 1.29 is 29.6 Å². The molecule has 0 bridgehead atoms. The van der Waals surface area contributed by atoms with E-state index in [2.05, 4.69) is 32.2 Å². The van der Waals surface area contributed by atoms with Gasteiger partial charge in [0, 0.05) is 6.42 Å². The summed E-state index contributed by atoms with van der Waals surface area (Å²) in [5.74, 6) is 0.739. The predicted molar refractivity (Wildman–Crippen MR) is 141 cm³/mol. The Morgan fingerprint density at radius 1 is 1.28 bits per heavy atom. The first-order valence-electron chi connectivity index (χ1n) is 13.2. The summed E-state index contributed by atoms with van der Waals surface area (Å²) in [6, 6.07) is 0. The molecule has 3 aliphatic rings. The van der Waals surface area contributed by atoms with Crippen molar-refractivity contribution >= 4 is 6.16 Å². The van der Waals surface area contributed by atoms with Gasteiger partial charge in [-0.1, -0.05) is 55.5 Å². The van der Waals surface area contributed by atoms with Crippen molar-refractivity contribution in [2.75, 3.05) is 6.61 Å². The summed E-state index contributed by atoms with van der Waals surface area (Å²) in [4.78, 5) is 11.7. The second-order valence-corrected chi connectivity index (χ2v) is 11.4. The van der Waals surface area contributed by atoms with E-state index in [1.165, 1.54) is 5.57 Å². The third-order valence-electron chi connectivity index (χ3n) is 8.49. The van der Waals surface area contributed by atoms with E-state index in [-0.39, 0.29) is 12.0 Å². The first-order valence-corrected chi connectivity index (χ1v) is 13.2. The lowest BCUT2D eigenvalue weighted by Gasteiger charge is -2.42. The number of hydrogen-bond acceptors (Lipinski definition) is 6. The molecule has 6 nitrogen and oxygen atoms in total. The third-order valence-corrected chi connectivity index (χ3v) is 8.49. The summed E-state index contributed by atoms with van der Waals surface area (Å²) in [6.07, 6.45) is 11.1. The van der Waals surface area contributed by atoms with E-state index in [0.29, 0.717) is 30.3 Å². The minimum atomic E-state index is -1.12. The van der Waals surface area contributed by atoms with E-state index in [1.54, 1.807) is 26.8 Å². The Morgan fingerprint density at radius 3 is 2.69 bits per heavy atom. The Labute approximate surface area is 216 Å². The molecule has 0 spiro atoms. The third kappa shape index (κ3) is 6.21. The zero-order chi connectivity index (χ0) is 26.7. The molecule has 0 aromatic carbocycles. The van der Waals surface area contributed by atoms with E-state index in [9.17, 15) is 20.1 Å². The van der Waals surface area contributed by atoms with Crippen LogP contribution in [0.15, 0.2) is 59.8 Å². The van der Waals surface area contributed by atoms with Crippen LogP contribution in [-0.2, 0) is 9.47 Å². The van der Waals surface area contributed by atoms with Gasteiger partial charge in [-0.3, -0.25) is 0 Å². The normalized spacial score (nSPS) is 34.1. The average Bonchev–Trinajstić information content (AvgIpc) is 3.16. The van der Waals surface area contributed by atoms with Gasteiger partial charge in [0.1, 0.15) is 11.7 Å². The Balaban J connectivity index is 1.71. The molecule has 0 aromatic rings. The molecule has 0 amide bonds. The summed E-state index contributed by atoms with van der Waals surface area (Å²) in [7, 11) is 0. The smallest absolute Gasteiger partial charge is 0.435 e. The molecule has 0 aromatic heterocycles. The maximum atomic E-state index is 11.7. The zero-order valence-electron chi connectivity index (χ0n) is 22.3. The summed E-state index contributed by atoms with van der Waals surface area (Å²) in [6.45, 7) is 16.0. The molecule has 3 aliphatic carbocycles. The zero-order valence-corrected chi connectivity index (χ0v) is 22.3. The molecule has 0 aliphatic heterocycles. The van der Waals surface area contributed by atoms with E-state index < -0.39 is 30.1 Å². The molecule has 6 heteroatoms. The highest BCUT2D eigenvalue weighted by molar-refractivity contribution is 5.60.